The lowest BCUT2D eigenvalue weighted by atomic mass is 10.1. The summed E-state index contributed by atoms with van der Waals surface area (Å²) in [5, 5.41) is 15.9. The fourth-order valence-electron chi connectivity index (χ4n) is 3.68. The van der Waals surface area contributed by atoms with E-state index in [1.807, 2.05) is 0 Å². The standard InChI is InChI=1S/C24H16F4N6OS/c25-18-8-16(4-3-14(18)10-31-23(35)22-21(13-1-2-13)32-12-36-22)34-6-5-19(33-34)15-7-17(24(26,27)28)20(9-29)30-11-15/h3-8,11-13H,1-2,10H2,(H,31,35). The highest BCUT2D eigenvalue weighted by Crippen LogP contribution is 2.41. The van der Waals surface area contributed by atoms with Gasteiger partial charge in [0.2, 0.25) is 0 Å². The van der Waals surface area contributed by atoms with Crippen molar-refractivity contribution in [1.29, 1.82) is 5.26 Å². The quantitative estimate of drug-likeness (QED) is 0.357. The molecule has 7 nitrogen and oxygen atoms in total. The molecule has 1 aromatic carbocycles. The molecule has 0 atom stereocenters. The number of carbonyl (C=O) groups excluding carboxylic acids is 1. The summed E-state index contributed by atoms with van der Waals surface area (Å²) in [5.41, 5.74) is 1.38. The number of thiazole rings is 1. The van der Waals surface area contributed by atoms with Crippen LogP contribution < -0.4 is 5.32 Å². The number of amides is 1. The molecule has 3 aromatic heterocycles. The van der Waals surface area contributed by atoms with E-state index in [4.69, 9.17) is 5.26 Å². The van der Waals surface area contributed by atoms with Gasteiger partial charge in [0.1, 0.15) is 16.8 Å². The van der Waals surface area contributed by atoms with Gasteiger partial charge >= 0.3 is 6.18 Å². The molecular formula is C24H16F4N6OS. The average molecular weight is 512 g/mol. The van der Waals surface area contributed by atoms with Crippen molar-refractivity contribution in [2.24, 2.45) is 0 Å². The van der Waals surface area contributed by atoms with Crippen molar-refractivity contribution >= 4 is 17.2 Å². The highest BCUT2D eigenvalue weighted by atomic mass is 32.1. The Morgan fingerprint density at radius 2 is 2.03 bits per heavy atom. The van der Waals surface area contributed by atoms with Crippen LogP contribution in [0.4, 0.5) is 17.6 Å². The van der Waals surface area contributed by atoms with Crippen LogP contribution in [0.3, 0.4) is 0 Å². The minimum Gasteiger partial charge on any atom is -0.347 e. The third-order valence-corrected chi connectivity index (χ3v) is 6.53. The van der Waals surface area contributed by atoms with Crippen molar-refractivity contribution < 1.29 is 22.4 Å². The molecule has 0 aliphatic heterocycles. The first-order valence-corrected chi connectivity index (χ1v) is 11.7. The number of alkyl halides is 3. The zero-order valence-corrected chi connectivity index (χ0v) is 19.2. The largest absolute Gasteiger partial charge is 0.419 e. The van der Waals surface area contributed by atoms with E-state index in [2.05, 4.69) is 20.4 Å². The van der Waals surface area contributed by atoms with Crippen LogP contribution in [-0.4, -0.2) is 25.7 Å². The molecule has 182 valence electrons. The van der Waals surface area contributed by atoms with E-state index in [1.54, 1.807) is 11.6 Å². The van der Waals surface area contributed by atoms with Gasteiger partial charge in [0.15, 0.2) is 5.69 Å². The number of rotatable bonds is 6. The highest BCUT2D eigenvalue weighted by molar-refractivity contribution is 7.11. The molecule has 1 N–H and O–H groups in total. The number of nitrogens with one attached hydrogen (secondary N) is 1. The predicted molar refractivity (Wildman–Crippen MR) is 122 cm³/mol. The number of carbonyl (C=O) groups is 1. The molecule has 0 radical (unpaired) electrons. The average Bonchev–Trinajstić information content (AvgIpc) is 3.37. The van der Waals surface area contributed by atoms with Crippen LogP contribution in [0.5, 0.6) is 0 Å². The van der Waals surface area contributed by atoms with Crippen LogP contribution in [0.1, 0.15) is 50.9 Å². The molecule has 4 aromatic rings. The van der Waals surface area contributed by atoms with Gasteiger partial charge in [-0.05, 0) is 37.1 Å². The lowest BCUT2D eigenvalue weighted by Crippen LogP contribution is -2.23. The summed E-state index contributed by atoms with van der Waals surface area (Å²) in [5.74, 6) is -0.545. The lowest BCUT2D eigenvalue weighted by molar-refractivity contribution is -0.138. The van der Waals surface area contributed by atoms with Crippen molar-refractivity contribution in [2.75, 3.05) is 0 Å². The number of hydrogen-bond donors (Lipinski definition) is 1. The molecule has 5 rings (SSSR count). The summed E-state index contributed by atoms with van der Waals surface area (Å²) in [6.07, 6.45) is -0.115. The Morgan fingerprint density at radius 1 is 1.22 bits per heavy atom. The molecule has 0 unspecified atom stereocenters. The summed E-state index contributed by atoms with van der Waals surface area (Å²) in [4.78, 5) is 20.9. The number of nitriles is 1. The Bertz CT molecular complexity index is 1500. The van der Waals surface area contributed by atoms with Gasteiger partial charge in [-0.15, -0.1) is 11.3 Å². The maximum Gasteiger partial charge on any atom is 0.419 e. The first kappa shape index (κ1) is 23.6. The number of nitrogens with zero attached hydrogens (tertiary/aromatic N) is 5. The Labute approximate surface area is 206 Å². The molecule has 0 spiro atoms. The summed E-state index contributed by atoms with van der Waals surface area (Å²) in [6, 6.07) is 8.01. The number of benzene rings is 1. The number of pyridine rings is 1. The van der Waals surface area contributed by atoms with Crippen LogP contribution in [0.25, 0.3) is 16.9 Å². The maximum atomic E-state index is 14.8. The van der Waals surface area contributed by atoms with E-state index in [-0.39, 0.29) is 29.3 Å². The second-order valence-electron chi connectivity index (χ2n) is 8.17. The normalized spacial score (nSPS) is 13.4. The van der Waals surface area contributed by atoms with Gasteiger partial charge in [-0.3, -0.25) is 4.79 Å². The second kappa shape index (κ2) is 9.16. The molecule has 0 bridgehead atoms. The van der Waals surface area contributed by atoms with Crippen molar-refractivity contribution in [3.8, 4) is 23.0 Å². The monoisotopic (exact) mass is 512 g/mol. The summed E-state index contributed by atoms with van der Waals surface area (Å²) in [7, 11) is 0. The number of halogens is 4. The highest BCUT2D eigenvalue weighted by Gasteiger charge is 2.35. The molecule has 1 aliphatic rings. The van der Waals surface area contributed by atoms with Gasteiger partial charge in [-0.25, -0.2) is 19.0 Å². The van der Waals surface area contributed by atoms with E-state index in [0.717, 1.165) is 30.8 Å². The molecule has 1 fully saturated rings. The summed E-state index contributed by atoms with van der Waals surface area (Å²) < 4.78 is 55.8. The zero-order chi connectivity index (χ0) is 25.4. The molecule has 36 heavy (non-hydrogen) atoms. The van der Waals surface area contributed by atoms with Crippen molar-refractivity contribution in [3.05, 3.63) is 81.4 Å². The Hall–Kier alpha value is -4.11. The van der Waals surface area contributed by atoms with Gasteiger partial charge in [-0.2, -0.15) is 23.5 Å². The lowest BCUT2D eigenvalue weighted by Gasteiger charge is -2.09. The molecule has 0 saturated heterocycles. The van der Waals surface area contributed by atoms with Gasteiger partial charge < -0.3 is 5.32 Å². The maximum absolute atomic E-state index is 14.8. The SMILES string of the molecule is N#Cc1ncc(-c2ccn(-c3ccc(CNC(=O)c4scnc4C4CC4)c(F)c3)n2)cc1C(F)(F)F. The van der Waals surface area contributed by atoms with Crippen LogP contribution in [0, 0.1) is 17.1 Å². The second-order valence-corrected chi connectivity index (χ2v) is 9.03. The first-order valence-electron chi connectivity index (χ1n) is 10.8. The topological polar surface area (TPSA) is 96.5 Å². The Kier molecular flexibility index (Phi) is 6.01. The van der Waals surface area contributed by atoms with Gasteiger partial charge in [-0.1, -0.05) is 6.07 Å². The fraction of sp³-hybridized carbons (Fsp3) is 0.208. The van der Waals surface area contributed by atoms with Gasteiger partial charge in [0.05, 0.1) is 28.1 Å². The molecular weight excluding hydrogens is 496 g/mol. The smallest absolute Gasteiger partial charge is 0.347 e. The van der Waals surface area contributed by atoms with Crippen molar-refractivity contribution in [1.82, 2.24) is 25.1 Å². The first-order chi connectivity index (χ1) is 17.2. The van der Waals surface area contributed by atoms with E-state index >= 15 is 0 Å². The zero-order valence-electron chi connectivity index (χ0n) is 18.4. The molecule has 12 heteroatoms. The van der Waals surface area contributed by atoms with Crippen LogP contribution >= 0.6 is 11.3 Å². The van der Waals surface area contributed by atoms with E-state index in [9.17, 15) is 22.4 Å². The van der Waals surface area contributed by atoms with E-state index in [1.165, 1.54) is 46.5 Å². The summed E-state index contributed by atoms with van der Waals surface area (Å²) >= 11 is 1.26. The summed E-state index contributed by atoms with van der Waals surface area (Å²) in [6.45, 7) is -0.0194. The third kappa shape index (κ3) is 4.70. The van der Waals surface area contributed by atoms with E-state index in [0.29, 0.717) is 16.5 Å². The minimum atomic E-state index is -4.75. The van der Waals surface area contributed by atoms with Crippen LogP contribution in [0.15, 0.2) is 48.2 Å². The van der Waals surface area contributed by atoms with Gasteiger partial charge in [0.25, 0.3) is 5.91 Å². The van der Waals surface area contributed by atoms with Crippen LogP contribution in [-0.2, 0) is 12.7 Å². The van der Waals surface area contributed by atoms with Crippen LogP contribution in [0.2, 0.25) is 0 Å². The fourth-order valence-corrected chi connectivity index (χ4v) is 4.47. The van der Waals surface area contributed by atoms with Crippen molar-refractivity contribution in [2.45, 2.75) is 31.5 Å². The minimum absolute atomic E-state index is 0.0194. The third-order valence-electron chi connectivity index (χ3n) is 5.69. The number of aromatic nitrogens is 4. The Balaban J connectivity index is 1.31. The molecule has 1 saturated carbocycles. The van der Waals surface area contributed by atoms with Gasteiger partial charge in [0, 0.05) is 36.0 Å². The molecule has 1 amide bonds. The van der Waals surface area contributed by atoms with Crippen molar-refractivity contribution in [3.63, 3.8) is 0 Å². The number of hydrogen-bond acceptors (Lipinski definition) is 6. The Morgan fingerprint density at radius 3 is 2.72 bits per heavy atom. The predicted octanol–water partition coefficient (Wildman–Crippen LogP) is 5.23. The molecule has 3 heterocycles. The van der Waals surface area contributed by atoms with E-state index < -0.39 is 23.3 Å². The molecule has 1 aliphatic carbocycles.